The number of hydrogen-bond acceptors (Lipinski definition) is 4. The Morgan fingerprint density at radius 1 is 1.00 bits per heavy atom. The molecule has 0 aliphatic carbocycles. The van der Waals surface area contributed by atoms with Crippen molar-refractivity contribution in [1.29, 1.82) is 0 Å². The van der Waals surface area contributed by atoms with Crippen molar-refractivity contribution >= 4 is 0 Å². The zero-order valence-corrected chi connectivity index (χ0v) is 14.5. The highest BCUT2D eigenvalue weighted by Crippen LogP contribution is 2.32. The molecule has 0 aliphatic rings. The van der Waals surface area contributed by atoms with E-state index in [9.17, 15) is 0 Å². The van der Waals surface area contributed by atoms with Crippen LogP contribution < -0.4 is 14.8 Å². The van der Waals surface area contributed by atoms with Gasteiger partial charge in [-0.2, -0.15) is 0 Å². The van der Waals surface area contributed by atoms with Gasteiger partial charge in [-0.15, -0.1) is 0 Å². The summed E-state index contributed by atoms with van der Waals surface area (Å²) in [5.74, 6) is 1.54. The van der Waals surface area contributed by atoms with Crippen LogP contribution in [-0.2, 0) is 13.2 Å². The Bertz CT molecular complexity index is 628. The van der Waals surface area contributed by atoms with E-state index in [-0.39, 0.29) is 6.61 Å². The molecule has 0 fully saturated rings. The second-order valence-corrected chi connectivity index (χ2v) is 5.77. The van der Waals surface area contributed by atoms with Crippen LogP contribution in [0, 0.1) is 6.92 Å². The monoisotopic (exact) mass is 329 g/mol. The van der Waals surface area contributed by atoms with E-state index >= 15 is 0 Å². The number of methoxy groups -OCH3 is 1. The molecule has 0 atom stereocenters. The standard InChI is InChI=1S/C20H27NO3/c1-16-8-3-4-9-18(16)15-24-20-17(10-7-11-19(20)23-2)14-21-12-5-6-13-22/h3-4,7-11,21-22H,5-6,12-15H2,1-2H3. The van der Waals surface area contributed by atoms with E-state index in [0.717, 1.165) is 36.4 Å². The minimum atomic E-state index is 0.242. The largest absolute Gasteiger partial charge is 0.493 e. The first-order valence-electron chi connectivity index (χ1n) is 8.41. The predicted octanol–water partition coefficient (Wildman–Crippen LogP) is 3.44. The summed E-state index contributed by atoms with van der Waals surface area (Å²) in [6.45, 7) is 4.43. The van der Waals surface area contributed by atoms with Crippen molar-refractivity contribution in [3.8, 4) is 11.5 Å². The molecular weight excluding hydrogens is 302 g/mol. The summed E-state index contributed by atoms with van der Waals surface area (Å²) in [6, 6.07) is 14.2. The fourth-order valence-electron chi connectivity index (χ4n) is 2.53. The number of rotatable bonds is 10. The van der Waals surface area contributed by atoms with E-state index in [4.69, 9.17) is 14.6 Å². The Kier molecular flexibility index (Phi) is 7.59. The lowest BCUT2D eigenvalue weighted by Crippen LogP contribution is -2.16. The molecule has 2 rings (SSSR count). The third-order valence-electron chi connectivity index (χ3n) is 3.99. The molecule has 0 spiro atoms. The maximum atomic E-state index is 8.83. The van der Waals surface area contributed by atoms with Crippen molar-refractivity contribution in [3.05, 3.63) is 59.2 Å². The SMILES string of the molecule is COc1cccc(CNCCCCO)c1OCc1ccccc1C. The summed E-state index contributed by atoms with van der Waals surface area (Å²) < 4.78 is 11.6. The number of ether oxygens (including phenoxy) is 2. The van der Waals surface area contributed by atoms with Gasteiger partial charge in [0.1, 0.15) is 6.61 Å². The minimum Gasteiger partial charge on any atom is -0.493 e. The van der Waals surface area contributed by atoms with Gasteiger partial charge in [0.15, 0.2) is 11.5 Å². The molecule has 0 unspecified atom stereocenters. The van der Waals surface area contributed by atoms with Gasteiger partial charge in [0.25, 0.3) is 0 Å². The van der Waals surface area contributed by atoms with E-state index in [1.807, 2.05) is 24.3 Å². The van der Waals surface area contributed by atoms with E-state index in [1.165, 1.54) is 11.1 Å². The third kappa shape index (κ3) is 5.25. The average molecular weight is 329 g/mol. The van der Waals surface area contributed by atoms with Crippen LogP contribution in [0.1, 0.15) is 29.5 Å². The highest BCUT2D eigenvalue weighted by atomic mass is 16.5. The zero-order valence-electron chi connectivity index (χ0n) is 14.5. The van der Waals surface area contributed by atoms with Crippen LogP contribution in [0.4, 0.5) is 0 Å². The molecule has 2 aromatic rings. The topological polar surface area (TPSA) is 50.7 Å². The van der Waals surface area contributed by atoms with Crippen molar-refractivity contribution in [2.75, 3.05) is 20.3 Å². The van der Waals surface area contributed by atoms with Crippen LogP contribution >= 0.6 is 0 Å². The van der Waals surface area contributed by atoms with Crippen LogP contribution in [0.2, 0.25) is 0 Å². The molecule has 4 heteroatoms. The lowest BCUT2D eigenvalue weighted by atomic mass is 10.1. The van der Waals surface area contributed by atoms with E-state index < -0.39 is 0 Å². The van der Waals surface area contributed by atoms with Gasteiger partial charge in [-0.3, -0.25) is 0 Å². The number of hydrogen-bond donors (Lipinski definition) is 2. The number of para-hydroxylation sites is 1. The van der Waals surface area contributed by atoms with Gasteiger partial charge in [-0.1, -0.05) is 36.4 Å². The first kappa shape index (κ1) is 18.3. The van der Waals surface area contributed by atoms with Crippen molar-refractivity contribution in [2.24, 2.45) is 0 Å². The van der Waals surface area contributed by atoms with Gasteiger partial charge >= 0.3 is 0 Å². The molecule has 0 radical (unpaired) electrons. The van der Waals surface area contributed by atoms with Crippen LogP contribution in [0.15, 0.2) is 42.5 Å². The maximum Gasteiger partial charge on any atom is 0.166 e. The van der Waals surface area contributed by atoms with Gasteiger partial charge in [0.2, 0.25) is 0 Å². The van der Waals surface area contributed by atoms with E-state index in [2.05, 4.69) is 30.4 Å². The molecule has 4 nitrogen and oxygen atoms in total. The highest BCUT2D eigenvalue weighted by Gasteiger charge is 2.11. The Morgan fingerprint density at radius 2 is 1.79 bits per heavy atom. The fraction of sp³-hybridized carbons (Fsp3) is 0.400. The highest BCUT2D eigenvalue weighted by molar-refractivity contribution is 5.46. The lowest BCUT2D eigenvalue weighted by Gasteiger charge is -2.16. The van der Waals surface area contributed by atoms with Crippen LogP contribution in [-0.4, -0.2) is 25.4 Å². The molecule has 0 amide bonds. The Balaban J connectivity index is 2.04. The van der Waals surface area contributed by atoms with Crippen LogP contribution in [0.3, 0.4) is 0 Å². The number of aryl methyl sites for hydroxylation is 1. The van der Waals surface area contributed by atoms with Gasteiger partial charge in [-0.05, 0) is 43.5 Å². The van der Waals surface area contributed by atoms with Crippen molar-refractivity contribution in [1.82, 2.24) is 5.32 Å². The molecule has 0 aromatic heterocycles. The normalized spacial score (nSPS) is 10.6. The smallest absolute Gasteiger partial charge is 0.166 e. The van der Waals surface area contributed by atoms with Gasteiger partial charge in [0, 0.05) is 18.7 Å². The molecule has 0 bridgehead atoms. The summed E-state index contributed by atoms with van der Waals surface area (Å²) in [7, 11) is 1.66. The van der Waals surface area contributed by atoms with Crippen LogP contribution in [0.5, 0.6) is 11.5 Å². The minimum absolute atomic E-state index is 0.242. The van der Waals surface area contributed by atoms with Gasteiger partial charge in [-0.25, -0.2) is 0 Å². The summed E-state index contributed by atoms with van der Waals surface area (Å²) >= 11 is 0. The number of aliphatic hydroxyl groups is 1. The molecule has 24 heavy (non-hydrogen) atoms. The summed E-state index contributed by atoms with van der Waals surface area (Å²) in [6.07, 6.45) is 1.78. The Morgan fingerprint density at radius 3 is 2.54 bits per heavy atom. The van der Waals surface area contributed by atoms with Crippen molar-refractivity contribution in [3.63, 3.8) is 0 Å². The number of aliphatic hydroxyl groups excluding tert-OH is 1. The van der Waals surface area contributed by atoms with Gasteiger partial charge < -0.3 is 19.9 Å². The summed E-state index contributed by atoms with van der Waals surface area (Å²) in [4.78, 5) is 0. The van der Waals surface area contributed by atoms with Gasteiger partial charge in [0.05, 0.1) is 7.11 Å². The molecule has 2 N–H and O–H groups in total. The molecule has 130 valence electrons. The second kappa shape index (κ2) is 9.96. The molecule has 0 heterocycles. The number of benzene rings is 2. The summed E-state index contributed by atoms with van der Waals surface area (Å²) in [5.41, 5.74) is 3.47. The average Bonchev–Trinajstić information content (AvgIpc) is 2.61. The molecule has 0 saturated heterocycles. The van der Waals surface area contributed by atoms with E-state index in [1.54, 1.807) is 7.11 Å². The lowest BCUT2D eigenvalue weighted by molar-refractivity contribution is 0.278. The maximum absolute atomic E-state index is 8.83. The quantitative estimate of drug-likeness (QED) is 0.656. The second-order valence-electron chi connectivity index (χ2n) is 5.77. The van der Waals surface area contributed by atoms with Crippen molar-refractivity contribution in [2.45, 2.75) is 32.9 Å². The molecule has 0 aliphatic heterocycles. The molecule has 0 saturated carbocycles. The number of unbranched alkanes of at least 4 members (excludes halogenated alkanes) is 1. The first-order valence-corrected chi connectivity index (χ1v) is 8.41. The fourth-order valence-corrected chi connectivity index (χ4v) is 2.53. The molecular formula is C20H27NO3. The third-order valence-corrected chi connectivity index (χ3v) is 3.99. The predicted molar refractivity (Wildman–Crippen MR) is 96.5 cm³/mol. The first-order chi connectivity index (χ1) is 11.8. The number of nitrogens with one attached hydrogen (secondary N) is 1. The van der Waals surface area contributed by atoms with Crippen molar-refractivity contribution < 1.29 is 14.6 Å². The zero-order chi connectivity index (χ0) is 17.2. The Labute approximate surface area is 144 Å². The van der Waals surface area contributed by atoms with E-state index in [0.29, 0.717) is 13.2 Å². The molecule has 2 aromatic carbocycles. The summed E-state index contributed by atoms with van der Waals surface area (Å²) in [5, 5.41) is 12.2. The Hall–Kier alpha value is -2.04. The van der Waals surface area contributed by atoms with Crippen LogP contribution in [0.25, 0.3) is 0 Å².